The van der Waals surface area contributed by atoms with Gasteiger partial charge in [0.1, 0.15) is 0 Å². The van der Waals surface area contributed by atoms with Gasteiger partial charge in [0.15, 0.2) is 0 Å². The fourth-order valence-electron chi connectivity index (χ4n) is 2.13. The van der Waals surface area contributed by atoms with Gasteiger partial charge in [-0.1, -0.05) is 30.3 Å². The molecule has 1 aromatic rings. The number of esters is 1. The van der Waals surface area contributed by atoms with Gasteiger partial charge in [-0.25, -0.2) is 9.80 Å². The van der Waals surface area contributed by atoms with Gasteiger partial charge in [-0.2, -0.15) is 5.10 Å². The summed E-state index contributed by atoms with van der Waals surface area (Å²) in [5, 5.41) is 6.04. The van der Waals surface area contributed by atoms with E-state index in [9.17, 15) is 4.79 Å². The van der Waals surface area contributed by atoms with Crippen LogP contribution in [0.4, 0.5) is 0 Å². The van der Waals surface area contributed by atoms with Crippen molar-refractivity contribution >= 4 is 17.9 Å². The molecular weight excluding hydrogens is 228 g/mol. The lowest BCUT2D eigenvalue weighted by molar-refractivity contribution is -0.136. The largest absolute Gasteiger partial charge is 0.466 e. The Balaban J connectivity index is 1.99. The molecule has 2 aliphatic heterocycles. The zero-order valence-electron chi connectivity index (χ0n) is 9.96. The van der Waals surface area contributed by atoms with E-state index in [0.29, 0.717) is 12.0 Å². The minimum atomic E-state index is -0.306. The number of benzene rings is 1. The summed E-state index contributed by atoms with van der Waals surface area (Å²) in [5.41, 5.74) is 3.85. The third-order valence-corrected chi connectivity index (χ3v) is 3.05. The van der Waals surface area contributed by atoms with Crippen LogP contribution < -0.4 is 0 Å². The smallest absolute Gasteiger partial charge is 0.335 e. The average molecular weight is 240 g/mol. The second-order valence-corrected chi connectivity index (χ2v) is 4.12. The molecule has 0 aromatic heterocycles. The molecule has 0 N–H and O–H groups in total. The monoisotopic (exact) mass is 240 g/mol. The number of allylic oxidation sites excluding steroid dienone is 1. The molecule has 0 amide bonds. The van der Waals surface area contributed by atoms with E-state index in [1.54, 1.807) is 17.4 Å². The highest BCUT2D eigenvalue weighted by atomic mass is 16.5. The number of nitrogens with zero attached hydrogens (tertiary/aromatic N) is 2. The Bertz CT molecular complexity index is 600. The molecule has 3 rings (SSSR count). The number of carbonyl (C=O) groups excluding carboxylic acids is 1. The van der Waals surface area contributed by atoms with Crippen LogP contribution in [-0.4, -0.2) is 24.3 Å². The maximum absolute atomic E-state index is 11.5. The molecule has 4 nitrogen and oxygen atoms in total. The molecular formula is C14H12N2O2. The van der Waals surface area contributed by atoms with E-state index in [-0.39, 0.29) is 5.97 Å². The van der Waals surface area contributed by atoms with Crippen molar-refractivity contribution in [1.29, 1.82) is 0 Å². The molecule has 0 unspecified atom stereocenters. The Hall–Kier alpha value is -2.36. The first kappa shape index (κ1) is 10.8. The van der Waals surface area contributed by atoms with Gasteiger partial charge >= 0.3 is 5.97 Å². The number of carbonyl (C=O) groups is 1. The van der Waals surface area contributed by atoms with Crippen molar-refractivity contribution in [2.75, 3.05) is 7.11 Å². The number of fused-ring (bicyclic) bond motifs is 3. The molecule has 4 heteroatoms. The van der Waals surface area contributed by atoms with Crippen LogP contribution in [0.15, 0.2) is 47.2 Å². The minimum Gasteiger partial charge on any atom is -0.466 e. The van der Waals surface area contributed by atoms with Gasteiger partial charge in [0.25, 0.3) is 0 Å². The van der Waals surface area contributed by atoms with Crippen molar-refractivity contribution in [2.45, 2.75) is 6.42 Å². The first-order valence-electron chi connectivity index (χ1n) is 5.71. The Morgan fingerprint density at radius 1 is 1.39 bits per heavy atom. The summed E-state index contributed by atoms with van der Waals surface area (Å²) < 4.78 is 4.72. The van der Waals surface area contributed by atoms with E-state index in [2.05, 4.69) is 11.2 Å². The average Bonchev–Trinajstić information content (AvgIpc) is 2.45. The number of methoxy groups -OCH3 is 1. The van der Waals surface area contributed by atoms with Gasteiger partial charge in [-0.3, -0.25) is 0 Å². The maximum atomic E-state index is 11.5. The van der Waals surface area contributed by atoms with Crippen LogP contribution in [0, 0.1) is 0 Å². The third kappa shape index (κ3) is 1.62. The predicted octanol–water partition coefficient (Wildman–Crippen LogP) is 2.14. The van der Waals surface area contributed by atoms with Crippen molar-refractivity contribution in [3.05, 3.63) is 53.2 Å². The second kappa shape index (κ2) is 4.14. The molecule has 0 bridgehead atoms. The van der Waals surface area contributed by atoms with Gasteiger partial charge in [0.05, 0.1) is 24.6 Å². The Morgan fingerprint density at radius 3 is 3.06 bits per heavy atom. The molecule has 1 aromatic carbocycles. The number of hydrogen-bond donors (Lipinski definition) is 0. The molecule has 0 spiro atoms. The van der Waals surface area contributed by atoms with Gasteiger partial charge in [0, 0.05) is 23.7 Å². The summed E-state index contributed by atoms with van der Waals surface area (Å²) >= 11 is 0. The standard InChI is InChI=1S/C14H12N2O2/c1-18-14(17)11-6-7-13-12-5-3-2-4-10(12)8-15-16(13)9-11/h2-5,7-9H,6H2,1H3. The van der Waals surface area contributed by atoms with Crippen LogP contribution in [0.5, 0.6) is 0 Å². The summed E-state index contributed by atoms with van der Waals surface area (Å²) in [7, 11) is 1.39. The van der Waals surface area contributed by atoms with E-state index in [1.165, 1.54) is 7.11 Å². The van der Waals surface area contributed by atoms with Gasteiger partial charge < -0.3 is 4.74 Å². The highest BCUT2D eigenvalue weighted by molar-refractivity contribution is 5.94. The molecule has 0 radical (unpaired) electrons. The lowest BCUT2D eigenvalue weighted by Gasteiger charge is -2.27. The number of rotatable bonds is 1. The van der Waals surface area contributed by atoms with Gasteiger partial charge in [-0.15, -0.1) is 0 Å². The fraction of sp³-hybridized carbons (Fsp3) is 0.143. The summed E-state index contributed by atoms with van der Waals surface area (Å²) in [6.45, 7) is 0. The predicted molar refractivity (Wildman–Crippen MR) is 68.6 cm³/mol. The molecule has 0 aliphatic carbocycles. The second-order valence-electron chi connectivity index (χ2n) is 4.12. The minimum absolute atomic E-state index is 0.306. The zero-order chi connectivity index (χ0) is 12.5. The van der Waals surface area contributed by atoms with E-state index in [4.69, 9.17) is 4.74 Å². The van der Waals surface area contributed by atoms with Crippen molar-refractivity contribution in [1.82, 2.24) is 5.01 Å². The lowest BCUT2D eigenvalue weighted by Crippen LogP contribution is -2.21. The first-order valence-corrected chi connectivity index (χ1v) is 5.71. The van der Waals surface area contributed by atoms with Crippen LogP contribution in [0.25, 0.3) is 5.70 Å². The Labute approximate surface area is 105 Å². The Kier molecular flexibility index (Phi) is 2.48. The normalized spacial score (nSPS) is 16.4. The van der Waals surface area contributed by atoms with Crippen molar-refractivity contribution in [3.63, 3.8) is 0 Å². The molecule has 18 heavy (non-hydrogen) atoms. The van der Waals surface area contributed by atoms with Gasteiger partial charge in [-0.05, 0) is 0 Å². The van der Waals surface area contributed by atoms with Crippen LogP contribution in [0.2, 0.25) is 0 Å². The molecule has 0 atom stereocenters. The Morgan fingerprint density at radius 2 is 2.22 bits per heavy atom. The molecule has 0 fully saturated rings. The topological polar surface area (TPSA) is 41.9 Å². The summed E-state index contributed by atoms with van der Waals surface area (Å²) in [4.78, 5) is 11.5. The number of ether oxygens (including phenoxy) is 1. The summed E-state index contributed by atoms with van der Waals surface area (Å²) in [6, 6.07) is 8.06. The molecule has 90 valence electrons. The van der Waals surface area contributed by atoms with Crippen LogP contribution in [0.3, 0.4) is 0 Å². The van der Waals surface area contributed by atoms with E-state index in [0.717, 1.165) is 16.8 Å². The van der Waals surface area contributed by atoms with Crippen LogP contribution in [-0.2, 0) is 9.53 Å². The van der Waals surface area contributed by atoms with Crippen LogP contribution in [0.1, 0.15) is 17.5 Å². The SMILES string of the molecule is COC(=O)C1=CN2N=Cc3ccccc3C2=CC1. The van der Waals surface area contributed by atoms with Crippen molar-refractivity contribution in [2.24, 2.45) is 5.10 Å². The zero-order valence-corrected chi connectivity index (χ0v) is 9.96. The highest BCUT2D eigenvalue weighted by Crippen LogP contribution is 2.31. The van der Waals surface area contributed by atoms with Crippen molar-refractivity contribution < 1.29 is 9.53 Å². The van der Waals surface area contributed by atoms with Gasteiger partial charge in [0.2, 0.25) is 0 Å². The quantitative estimate of drug-likeness (QED) is 0.706. The van der Waals surface area contributed by atoms with E-state index >= 15 is 0 Å². The van der Waals surface area contributed by atoms with E-state index < -0.39 is 0 Å². The molecule has 0 saturated carbocycles. The first-order chi connectivity index (χ1) is 8.79. The third-order valence-electron chi connectivity index (χ3n) is 3.05. The molecule has 2 aliphatic rings. The molecule has 0 saturated heterocycles. The highest BCUT2D eigenvalue weighted by Gasteiger charge is 2.22. The van der Waals surface area contributed by atoms with Crippen molar-refractivity contribution in [3.8, 4) is 0 Å². The molecule has 2 heterocycles. The maximum Gasteiger partial charge on any atom is 0.335 e. The lowest BCUT2D eigenvalue weighted by atomic mass is 9.99. The van der Waals surface area contributed by atoms with Crippen LogP contribution >= 0.6 is 0 Å². The number of hydrazone groups is 1. The number of hydrogen-bond acceptors (Lipinski definition) is 4. The summed E-state index contributed by atoms with van der Waals surface area (Å²) in [6.07, 6.45) is 6.10. The fourth-order valence-corrected chi connectivity index (χ4v) is 2.13. The summed E-state index contributed by atoms with van der Waals surface area (Å²) in [5.74, 6) is -0.306. The van der Waals surface area contributed by atoms with E-state index in [1.807, 2.05) is 24.3 Å².